The van der Waals surface area contributed by atoms with E-state index < -0.39 is 0 Å². The monoisotopic (exact) mass is 201 g/mol. The zero-order valence-corrected chi connectivity index (χ0v) is 8.16. The topological polar surface area (TPSA) is 84.7 Å². The first kappa shape index (κ1) is 10.8. The van der Waals surface area contributed by atoms with Gasteiger partial charge in [0.25, 0.3) is 0 Å². The molecule has 0 aromatic rings. The minimum absolute atomic E-state index is 0.0229. The van der Waals surface area contributed by atoms with Crippen LogP contribution in [0.2, 0.25) is 0 Å². The van der Waals surface area contributed by atoms with Crippen LogP contribution in [0.3, 0.4) is 0 Å². The van der Waals surface area contributed by atoms with Gasteiger partial charge in [0.15, 0.2) is 0 Å². The summed E-state index contributed by atoms with van der Waals surface area (Å²) < 4.78 is 4.57. The molecule has 0 aromatic heterocycles. The fraction of sp³-hybridized carbons (Fsp3) is 0.750. The maximum atomic E-state index is 11.1. The molecule has 3 N–H and O–H groups in total. The highest BCUT2D eigenvalue weighted by molar-refractivity contribution is 5.77. The number of amides is 2. The van der Waals surface area contributed by atoms with E-state index in [-0.39, 0.29) is 24.6 Å². The van der Waals surface area contributed by atoms with Gasteiger partial charge >= 0.3 is 6.09 Å². The molecule has 1 heterocycles. The highest BCUT2D eigenvalue weighted by Gasteiger charge is 2.32. The fourth-order valence-electron chi connectivity index (χ4n) is 1.31. The molecule has 80 valence electrons. The molecule has 0 radical (unpaired) electrons. The Labute approximate surface area is 82.4 Å². The van der Waals surface area contributed by atoms with Gasteiger partial charge in [0.1, 0.15) is 0 Å². The molecule has 0 aliphatic carbocycles. The highest BCUT2D eigenvalue weighted by atomic mass is 16.5. The molecule has 1 atom stereocenters. The number of likely N-dealkylation sites (tertiary alicyclic amines) is 1. The predicted molar refractivity (Wildman–Crippen MR) is 49.6 cm³/mol. The normalized spacial score (nSPS) is 19.9. The first-order valence-corrected chi connectivity index (χ1v) is 4.50. The van der Waals surface area contributed by atoms with Crippen LogP contribution < -0.4 is 11.1 Å². The second-order valence-corrected chi connectivity index (χ2v) is 3.11. The van der Waals surface area contributed by atoms with E-state index in [2.05, 4.69) is 10.1 Å². The molecule has 0 spiro atoms. The maximum absolute atomic E-state index is 11.1. The van der Waals surface area contributed by atoms with Crippen LogP contribution in [0, 0.1) is 0 Å². The number of hydrogen-bond acceptors (Lipinski definition) is 4. The van der Waals surface area contributed by atoms with E-state index in [1.807, 2.05) is 0 Å². The smallest absolute Gasteiger partial charge is 0.409 e. The predicted octanol–water partition coefficient (Wildman–Crippen LogP) is -1.10. The van der Waals surface area contributed by atoms with Crippen LogP contribution in [0.15, 0.2) is 0 Å². The van der Waals surface area contributed by atoms with Crippen LogP contribution in [0.4, 0.5) is 4.79 Å². The average molecular weight is 201 g/mol. The average Bonchev–Trinajstić information content (AvgIpc) is 2.15. The lowest BCUT2D eigenvalue weighted by molar-refractivity contribution is -0.120. The zero-order chi connectivity index (χ0) is 10.6. The van der Waals surface area contributed by atoms with Crippen molar-refractivity contribution in [2.45, 2.75) is 12.5 Å². The molecule has 1 saturated heterocycles. The minimum Gasteiger partial charge on any atom is -0.453 e. The van der Waals surface area contributed by atoms with Gasteiger partial charge in [-0.2, -0.15) is 0 Å². The van der Waals surface area contributed by atoms with Gasteiger partial charge < -0.3 is 20.7 Å². The van der Waals surface area contributed by atoms with Gasteiger partial charge in [-0.1, -0.05) is 0 Å². The Morgan fingerprint density at radius 1 is 1.64 bits per heavy atom. The summed E-state index contributed by atoms with van der Waals surface area (Å²) in [6.07, 6.45) is 0.545. The van der Waals surface area contributed by atoms with Gasteiger partial charge in [0.2, 0.25) is 5.91 Å². The molecular formula is C8H15N3O3. The van der Waals surface area contributed by atoms with Crippen molar-refractivity contribution in [2.75, 3.05) is 26.7 Å². The highest BCUT2D eigenvalue weighted by Crippen LogP contribution is 2.17. The molecule has 1 aliphatic heterocycles. The summed E-state index contributed by atoms with van der Waals surface area (Å²) in [5.41, 5.74) is 5.12. The first-order valence-electron chi connectivity index (χ1n) is 4.50. The summed E-state index contributed by atoms with van der Waals surface area (Å²) in [7, 11) is 1.34. The van der Waals surface area contributed by atoms with Crippen LogP contribution in [0.1, 0.15) is 6.42 Å². The molecule has 0 aromatic carbocycles. The quantitative estimate of drug-likeness (QED) is 0.607. The maximum Gasteiger partial charge on any atom is 0.409 e. The van der Waals surface area contributed by atoms with Crippen molar-refractivity contribution in [3.63, 3.8) is 0 Å². The Bertz CT molecular complexity index is 232. The van der Waals surface area contributed by atoms with E-state index in [0.29, 0.717) is 13.1 Å². The number of nitrogens with two attached hydrogens (primary N) is 1. The van der Waals surface area contributed by atoms with E-state index in [0.717, 1.165) is 6.42 Å². The molecule has 1 aliphatic rings. The third-order valence-electron chi connectivity index (χ3n) is 2.27. The van der Waals surface area contributed by atoms with Crippen molar-refractivity contribution >= 4 is 12.0 Å². The van der Waals surface area contributed by atoms with Crippen LogP contribution in [-0.4, -0.2) is 49.7 Å². The van der Waals surface area contributed by atoms with Gasteiger partial charge in [-0.3, -0.25) is 4.79 Å². The summed E-state index contributed by atoms with van der Waals surface area (Å²) >= 11 is 0. The summed E-state index contributed by atoms with van der Waals surface area (Å²) in [6.45, 7) is 1.12. The number of rotatable bonds is 3. The van der Waals surface area contributed by atoms with Crippen molar-refractivity contribution in [1.82, 2.24) is 10.2 Å². The lowest BCUT2D eigenvalue weighted by Gasteiger charge is -2.39. The van der Waals surface area contributed by atoms with Crippen molar-refractivity contribution < 1.29 is 14.3 Å². The summed E-state index contributed by atoms with van der Waals surface area (Å²) in [6, 6.07) is 0.0537. The van der Waals surface area contributed by atoms with E-state index in [9.17, 15) is 9.59 Å². The Balaban J connectivity index is 2.26. The standard InChI is InChI=1S/C8H15N3O3/c1-14-8(13)11-3-2-6(11)5-10-7(12)4-9/h6H,2-5,9H2,1H3,(H,10,12). The number of nitrogens with zero attached hydrogens (tertiary/aromatic N) is 1. The van der Waals surface area contributed by atoms with Gasteiger partial charge in [0, 0.05) is 13.1 Å². The third kappa shape index (κ3) is 2.35. The third-order valence-corrected chi connectivity index (χ3v) is 2.27. The van der Waals surface area contributed by atoms with Gasteiger partial charge in [-0.15, -0.1) is 0 Å². The Kier molecular flexibility index (Phi) is 3.70. The van der Waals surface area contributed by atoms with Crippen molar-refractivity contribution in [2.24, 2.45) is 5.73 Å². The van der Waals surface area contributed by atoms with Crippen LogP contribution in [0.25, 0.3) is 0 Å². The van der Waals surface area contributed by atoms with Crippen molar-refractivity contribution in [3.05, 3.63) is 0 Å². The van der Waals surface area contributed by atoms with Gasteiger partial charge in [-0.05, 0) is 6.42 Å². The summed E-state index contributed by atoms with van der Waals surface area (Å²) in [5, 5.41) is 2.63. The van der Waals surface area contributed by atoms with E-state index in [1.165, 1.54) is 7.11 Å². The number of nitrogens with one attached hydrogen (secondary N) is 1. The number of methoxy groups -OCH3 is 1. The number of ether oxygens (including phenoxy) is 1. The molecular weight excluding hydrogens is 186 g/mol. The lowest BCUT2D eigenvalue weighted by Crippen LogP contribution is -2.56. The Morgan fingerprint density at radius 2 is 2.36 bits per heavy atom. The summed E-state index contributed by atoms with van der Waals surface area (Å²) in [5.74, 6) is -0.207. The molecule has 6 nitrogen and oxygen atoms in total. The molecule has 6 heteroatoms. The van der Waals surface area contributed by atoms with E-state index in [1.54, 1.807) is 4.90 Å². The van der Waals surface area contributed by atoms with E-state index in [4.69, 9.17) is 5.73 Å². The second kappa shape index (κ2) is 4.80. The minimum atomic E-state index is -0.344. The molecule has 1 fully saturated rings. The molecule has 14 heavy (non-hydrogen) atoms. The van der Waals surface area contributed by atoms with Crippen molar-refractivity contribution in [1.29, 1.82) is 0 Å². The molecule has 2 amide bonds. The number of carbonyl (C=O) groups is 2. The van der Waals surface area contributed by atoms with Crippen LogP contribution in [0.5, 0.6) is 0 Å². The fourth-order valence-corrected chi connectivity index (χ4v) is 1.31. The van der Waals surface area contributed by atoms with Crippen molar-refractivity contribution in [3.8, 4) is 0 Å². The van der Waals surface area contributed by atoms with Crippen LogP contribution in [-0.2, 0) is 9.53 Å². The SMILES string of the molecule is COC(=O)N1CCC1CNC(=O)CN. The number of carbonyl (C=O) groups excluding carboxylic acids is 2. The molecule has 1 rings (SSSR count). The molecule has 0 bridgehead atoms. The summed E-state index contributed by atoms with van der Waals surface area (Å²) in [4.78, 5) is 23.5. The van der Waals surface area contributed by atoms with E-state index >= 15 is 0 Å². The van der Waals surface area contributed by atoms with Gasteiger partial charge in [-0.25, -0.2) is 4.79 Å². The van der Waals surface area contributed by atoms with Crippen LogP contribution >= 0.6 is 0 Å². The lowest BCUT2D eigenvalue weighted by atomic mass is 10.0. The Hall–Kier alpha value is -1.30. The molecule has 1 unspecified atom stereocenters. The first-order chi connectivity index (χ1) is 6.69. The molecule has 0 saturated carbocycles. The Morgan fingerprint density at radius 3 is 2.79 bits per heavy atom. The second-order valence-electron chi connectivity index (χ2n) is 3.11. The largest absolute Gasteiger partial charge is 0.453 e. The number of hydrogen-bond donors (Lipinski definition) is 2. The van der Waals surface area contributed by atoms with Gasteiger partial charge in [0.05, 0.1) is 19.7 Å². The zero-order valence-electron chi connectivity index (χ0n) is 8.16.